The molecular weight excluding hydrogens is 276 g/mol. The van der Waals surface area contributed by atoms with E-state index in [2.05, 4.69) is 9.88 Å². The van der Waals surface area contributed by atoms with Gasteiger partial charge in [0.15, 0.2) is 0 Å². The Hall–Kier alpha value is -1.91. The van der Waals surface area contributed by atoms with E-state index in [1.54, 1.807) is 6.07 Å². The van der Waals surface area contributed by atoms with Gasteiger partial charge in [-0.2, -0.15) is 0 Å². The molecule has 1 aromatic heterocycles. The molecule has 0 fully saturated rings. The van der Waals surface area contributed by atoms with Gasteiger partial charge in [0.25, 0.3) is 0 Å². The van der Waals surface area contributed by atoms with Crippen LogP contribution < -0.4 is 0 Å². The summed E-state index contributed by atoms with van der Waals surface area (Å²) >= 11 is 5.95. The van der Waals surface area contributed by atoms with Crippen molar-refractivity contribution in [3.05, 3.63) is 64.4 Å². The van der Waals surface area contributed by atoms with Gasteiger partial charge in [0, 0.05) is 24.3 Å². The molecule has 0 spiro atoms. The third-order valence-electron chi connectivity index (χ3n) is 2.84. The summed E-state index contributed by atoms with van der Waals surface area (Å²) < 4.78 is 0. The molecule has 0 radical (unpaired) electrons. The van der Waals surface area contributed by atoms with E-state index in [1.165, 1.54) is 6.20 Å². The number of carboxylic acid groups (broad SMARTS) is 1. The number of rotatable bonds is 5. The smallest absolute Gasteiger partial charge is 0.354 e. The Labute approximate surface area is 122 Å². The molecule has 0 atom stereocenters. The number of aromatic nitrogens is 1. The molecule has 104 valence electrons. The van der Waals surface area contributed by atoms with Gasteiger partial charge in [-0.15, -0.1) is 0 Å². The van der Waals surface area contributed by atoms with Crippen LogP contribution in [-0.4, -0.2) is 28.0 Å². The second-order valence-electron chi connectivity index (χ2n) is 4.66. The molecule has 0 saturated carbocycles. The van der Waals surface area contributed by atoms with Crippen molar-refractivity contribution < 1.29 is 9.90 Å². The van der Waals surface area contributed by atoms with Crippen molar-refractivity contribution in [3.8, 4) is 0 Å². The van der Waals surface area contributed by atoms with E-state index < -0.39 is 5.97 Å². The summed E-state index contributed by atoms with van der Waals surface area (Å²) in [7, 11) is 1.97. The van der Waals surface area contributed by atoms with Crippen LogP contribution in [0.25, 0.3) is 0 Å². The number of nitrogens with zero attached hydrogens (tertiary/aromatic N) is 2. The van der Waals surface area contributed by atoms with Crippen LogP contribution in [0.4, 0.5) is 0 Å². The minimum atomic E-state index is -1.01. The van der Waals surface area contributed by atoms with Crippen LogP contribution in [0, 0.1) is 0 Å². The molecule has 2 rings (SSSR count). The van der Waals surface area contributed by atoms with Crippen LogP contribution in [-0.2, 0) is 13.1 Å². The second-order valence-corrected chi connectivity index (χ2v) is 5.09. The van der Waals surface area contributed by atoms with Crippen LogP contribution in [0.2, 0.25) is 5.02 Å². The number of hydrogen-bond acceptors (Lipinski definition) is 3. The summed E-state index contributed by atoms with van der Waals surface area (Å²) in [6.07, 6.45) is 1.52. The average molecular weight is 291 g/mol. The normalized spacial score (nSPS) is 10.8. The lowest BCUT2D eigenvalue weighted by Crippen LogP contribution is -2.17. The van der Waals surface area contributed by atoms with Gasteiger partial charge in [-0.1, -0.05) is 23.7 Å². The van der Waals surface area contributed by atoms with E-state index in [0.717, 1.165) is 17.7 Å². The van der Waals surface area contributed by atoms with E-state index in [-0.39, 0.29) is 5.69 Å². The molecule has 0 aliphatic rings. The predicted octanol–water partition coefficient (Wildman–Crippen LogP) is 3.07. The molecule has 0 bridgehead atoms. The first-order chi connectivity index (χ1) is 9.54. The first-order valence-corrected chi connectivity index (χ1v) is 6.53. The highest BCUT2D eigenvalue weighted by Crippen LogP contribution is 2.13. The van der Waals surface area contributed by atoms with Gasteiger partial charge in [-0.3, -0.25) is 4.90 Å². The highest BCUT2D eigenvalue weighted by atomic mass is 35.5. The second kappa shape index (κ2) is 6.50. The maximum absolute atomic E-state index is 10.9. The number of hydrogen-bond donors (Lipinski definition) is 1. The zero-order valence-electron chi connectivity index (χ0n) is 11.1. The zero-order valence-corrected chi connectivity index (χ0v) is 11.8. The van der Waals surface area contributed by atoms with Gasteiger partial charge >= 0.3 is 5.97 Å². The molecule has 0 aliphatic heterocycles. The molecule has 2 aromatic rings. The lowest BCUT2D eigenvalue weighted by Gasteiger charge is -2.17. The standard InChI is InChI=1S/C15H15ClN2O2/c1-18(9-11-3-2-4-13(16)7-11)10-12-5-6-17-14(8-12)15(19)20/h2-8H,9-10H2,1H3,(H,19,20). The van der Waals surface area contributed by atoms with Gasteiger partial charge in [0.1, 0.15) is 5.69 Å². The van der Waals surface area contributed by atoms with Gasteiger partial charge in [-0.25, -0.2) is 9.78 Å². The van der Waals surface area contributed by atoms with Crippen LogP contribution in [0.5, 0.6) is 0 Å². The molecule has 5 heteroatoms. The number of aromatic carboxylic acids is 1. The summed E-state index contributed by atoms with van der Waals surface area (Å²) in [5.74, 6) is -1.01. The molecule has 0 unspecified atom stereocenters. The minimum Gasteiger partial charge on any atom is -0.477 e. The Morgan fingerprint density at radius 3 is 2.60 bits per heavy atom. The quantitative estimate of drug-likeness (QED) is 0.919. The minimum absolute atomic E-state index is 0.0682. The molecule has 0 saturated heterocycles. The number of pyridine rings is 1. The first kappa shape index (κ1) is 14.5. The summed E-state index contributed by atoms with van der Waals surface area (Å²) in [6, 6.07) is 11.1. The fourth-order valence-electron chi connectivity index (χ4n) is 2.00. The largest absolute Gasteiger partial charge is 0.477 e. The van der Waals surface area contributed by atoms with E-state index in [0.29, 0.717) is 11.6 Å². The zero-order chi connectivity index (χ0) is 14.5. The Bertz CT molecular complexity index is 616. The van der Waals surface area contributed by atoms with Crippen molar-refractivity contribution in [2.45, 2.75) is 13.1 Å². The summed E-state index contributed by atoms with van der Waals surface area (Å²) in [5, 5.41) is 9.63. The molecular formula is C15H15ClN2O2. The van der Waals surface area contributed by atoms with Crippen molar-refractivity contribution in [1.82, 2.24) is 9.88 Å². The highest BCUT2D eigenvalue weighted by molar-refractivity contribution is 6.30. The molecule has 4 nitrogen and oxygen atoms in total. The SMILES string of the molecule is CN(Cc1cccc(Cl)c1)Cc1ccnc(C(=O)O)c1. The predicted molar refractivity (Wildman–Crippen MR) is 77.8 cm³/mol. The van der Waals surface area contributed by atoms with E-state index in [9.17, 15) is 4.79 Å². The van der Waals surface area contributed by atoms with Crippen molar-refractivity contribution in [3.63, 3.8) is 0 Å². The summed E-state index contributed by atoms with van der Waals surface area (Å²) in [6.45, 7) is 1.39. The van der Waals surface area contributed by atoms with Crippen LogP contribution in [0.1, 0.15) is 21.6 Å². The van der Waals surface area contributed by atoms with E-state index in [1.807, 2.05) is 37.4 Å². The van der Waals surface area contributed by atoms with Gasteiger partial charge in [0.05, 0.1) is 0 Å². The van der Waals surface area contributed by atoms with Gasteiger partial charge < -0.3 is 5.11 Å². The lowest BCUT2D eigenvalue weighted by molar-refractivity contribution is 0.0690. The lowest BCUT2D eigenvalue weighted by atomic mass is 10.2. The molecule has 1 aromatic carbocycles. The third-order valence-corrected chi connectivity index (χ3v) is 3.07. The number of halogens is 1. The topological polar surface area (TPSA) is 53.4 Å². The molecule has 0 amide bonds. The maximum atomic E-state index is 10.9. The molecule has 1 N–H and O–H groups in total. The third kappa shape index (κ3) is 4.05. The van der Waals surface area contributed by atoms with Crippen molar-refractivity contribution in [2.75, 3.05) is 7.05 Å². The average Bonchev–Trinajstić information content (AvgIpc) is 2.38. The van der Waals surface area contributed by atoms with Gasteiger partial charge in [-0.05, 0) is 42.4 Å². The number of carbonyl (C=O) groups is 1. The fraction of sp³-hybridized carbons (Fsp3) is 0.200. The van der Waals surface area contributed by atoms with Gasteiger partial charge in [0.2, 0.25) is 0 Å². The highest BCUT2D eigenvalue weighted by Gasteiger charge is 2.07. The number of benzene rings is 1. The number of carboxylic acids is 1. The molecule has 1 heterocycles. The van der Waals surface area contributed by atoms with Crippen LogP contribution in [0.15, 0.2) is 42.6 Å². The van der Waals surface area contributed by atoms with E-state index in [4.69, 9.17) is 16.7 Å². The summed E-state index contributed by atoms with van der Waals surface area (Å²) in [4.78, 5) is 16.8. The van der Waals surface area contributed by atoms with Crippen LogP contribution in [0.3, 0.4) is 0 Å². The van der Waals surface area contributed by atoms with Crippen molar-refractivity contribution in [1.29, 1.82) is 0 Å². The Morgan fingerprint density at radius 1 is 1.25 bits per heavy atom. The van der Waals surface area contributed by atoms with Crippen molar-refractivity contribution in [2.24, 2.45) is 0 Å². The first-order valence-electron chi connectivity index (χ1n) is 6.16. The Kier molecular flexibility index (Phi) is 4.71. The summed E-state index contributed by atoms with van der Waals surface area (Å²) in [5.41, 5.74) is 2.10. The maximum Gasteiger partial charge on any atom is 0.354 e. The Morgan fingerprint density at radius 2 is 1.95 bits per heavy atom. The molecule has 20 heavy (non-hydrogen) atoms. The monoisotopic (exact) mass is 290 g/mol. The Balaban J connectivity index is 2.02. The molecule has 0 aliphatic carbocycles. The fourth-order valence-corrected chi connectivity index (χ4v) is 2.22. The van der Waals surface area contributed by atoms with E-state index >= 15 is 0 Å². The van der Waals surface area contributed by atoms with Crippen molar-refractivity contribution >= 4 is 17.6 Å². The van der Waals surface area contributed by atoms with Crippen LogP contribution >= 0.6 is 11.6 Å².